The molecule has 3 rings (SSSR count). The number of benzene rings is 1. The summed E-state index contributed by atoms with van der Waals surface area (Å²) in [7, 11) is 0. The largest absolute Gasteiger partial charge is 0.327 e. The van der Waals surface area contributed by atoms with Crippen molar-refractivity contribution < 1.29 is 4.79 Å². The molecule has 2 N–H and O–H groups in total. The van der Waals surface area contributed by atoms with Gasteiger partial charge in [-0.05, 0) is 48.4 Å². The quantitative estimate of drug-likeness (QED) is 0.910. The Kier molecular flexibility index (Phi) is 4.09. The zero-order valence-corrected chi connectivity index (χ0v) is 12.7. The van der Waals surface area contributed by atoms with Crippen molar-refractivity contribution in [2.75, 3.05) is 5.32 Å². The van der Waals surface area contributed by atoms with E-state index >= 15 is 0 Å². The predicted octanol–water partition coefficient (Wildman–Crippen LogP) is 3.13. The summed E-state index contributed by atoms with van der Waals surface area (Å²) in [6, 6.07) is 10.0. The molecule has 1 aliphatic carbocycles. The topological polar surface area (TPSA) is 62.0 Å². The third-order valence-electron chi connectivity index (χ3n) is 4.35. The second kappa shape index (κ2) is 6.18. The Labute approximate surface area is 129 Å². The van der Waals surface area contributed by atoms with Crippen LogP contribution < -0.4 is 10.9 Å². The number of hydrogen-bond donors (Lipinski definition) is 2. The van der Waals surface area contributed by atoms with Gasteiger partial charge in [0.05, 0.1) is 6.42 Å². The standard InChI is InChI=1S/C18H20N2O2/c1-12-9-10-19-18(22)17(12)20-16(21)11-13-5-7-15(8-6-13)14-3-2-4-14/h5-10,14H,2-4,11H2,1H3,(H,19,22)(H,20,21). The normalized spacial score (nSPS) is 14.4. The first-order valence-electron chi connectivity index (χ1n) is 7.70. The molecule has 0 atom stereocenters. The van der Waals surface area contributed by atoms with Gasteiger partial charge in [-0.3, -0.25) is 9.59 Å². The molecule has 4 nitrogen and oxygen atoms in total. The number of aromatic amines is 1. The Morgan fingerprint density at radius 1 is 1.23 bits per heavy atom. The van der Waals surface area contributed by atoms with Gasteiger partial charge >= 0.3 is 0 Å². The molecule has 4 heteroatoms. The van der Waals surface area contributed by atoms with Crippen molar-refractivity contribution in [3.05, 3.63) is 63.6 Å². The van der Waals surface area contributed by atoms with Gasteiger partial charge < -0.3 is 10.3 Å². The highest BCUT2D eigenvalue weighted by atomic mass is 16.2. The number of aromatic nitrogens is 1. The molecular formula is C18H20N2O2. The van der Waals surface area contributed by atoms with E-state index in [1.54, 1.807) is 19.2 Å². The van der Waals surface area contributed by atoms with Gasteiger partial charge in [-0.25, -0.2) is 0 Å². The SMILES string of the molecule is Cc1cc[nH]c(=O)c1NC(=O)Cc1ccc(C2CCC2)cc1. The maximum atomic E-state index is 12.1. The number of anilines is 1. The predicted molar refractivity (Wildman–Crippen MR) is 87.2 cm³/mol. The van der Waals surface area contributed by atoms with Crippen LogP contribution in [0.1, 0.15) is 41.9 Å². The van der Waals surface area contributed by atoms with Crippen LogP contribution in [0.2, 0.25) is 0 Å². The molecule has 0 radical (unpaired) electrons. The highest BCUT2D eigenvalue weighted by Gasteiger charge is 2.19. The summed E-state index contributed by atoms with van der Waals surface area (Å²) in [5.41, 5.74) is 3.15. The molecule has 2 aromatic rings. The fraction of sp³-hybridized carbons (Fsp3) is 0.333. The maximum absolute atomic E-state index is 12.1. The molecule has 22 heavy (non-hydrogen) atoms. The summed E-state index contributed by atoms with van der Waals surface area (Å²) in [6.45, 7) is 1.80. The minimum absolute atomic E-state index is 0.170. The number of pyridine rings is 1. The molecular weight excluding hydrogens is 276 g/mol. The van der Waals surface area contributed by atoms with Crippen molar-refractivity contribution >= 4 is 11.6 Å². The summed E-state index contributed by atoms with van der Waals surface area (Å²) in [6.07, 6.45) is 5.72. The van der Waals surface area contributed by atoms with Crippen molar-refractivity contribution in [2.45, 2.75) is 38.5 Å². The van der Waals surface area contributed by atoms with E-state index in [1.165, 1.54) is 24.8 Å². The lowest BCUT2D eigenvalue weighted by Crippen LogP contribution is -2.22. The molecule has 0 unspecified atom stereocenters. The number of rotatable bonds is 4. The molecule has 1 aliphatic rings. The van der Waals surface area contributed by atoms with E-state index in [4.69, 9.17) is 0 Å². The second-order valence-corrected chi connectivity index (χ2v) is 5.96. The van der Waals surface area contributed by atoms with Crippen molar-refractivity contribution in [3.63, 3.8) is 0 Å². The molecule has 0 saturated heterocycles. The van der Waals surface area contributed by atoms with Crippen LogP contribution in [0.4, 0.5) is 5.69 Å². The summed E-state index contributed by atoms with van der Waals surface area (Å²) in [4.78, 5) is 26.4. The first-order valence-corrected chi connectivity index (χ1v) is 7.70. The van der Waals surface area contributed by atoms with Crippen LogP contribution in [0.5, 0.6) is 0 Å². The first-order chi connectivity index (χ1) is 10.6. The van der Waals surface area contributed by atoms with E-state index in [-0.39, 0.29) is 17.9 Å². The van der Waals surface area contributed by atoms with Crippen molar-refractivity contribution in [1.29, 1.82) is 0 Å². The molecule has 1 amide bonds. The van der Waals surface area contributed by atoms with Crippen LogP contribution in [-0.4, -0.2) is 10.9 Å². The molecule has 1 saturated carbocycles. The van der Waals surface area contributed by atoms with Gasteiger partial charge in [0, 0.05) is 6.20 Å². The molecule has 0 spiro atoms. The van der Waals surface area contributed by atoms with Crippen molar-refractivity contribution in [3.8, 4) is 0 Å². The fourth-order valence-corrected chi connectivity index (χ4v) is 2.75. The lowest BCUT2D eigenvalue weighted by atomic mass is 9.80. The van der Waals surface area contributed by atoms with Crippen LogP contribution in [0, 0.1) is 6.92 Å². The van der Waals surface area contributed by atoms with Crippen LogP contribution in [-0.2, 0) is 11.2 Å². The monoisotopic (exact) mass is 296 g/mol. The van der Waals surface area contributed by atoms with E-state index in [9.17, 15) is 9.59 Å². The van der Waals surface area contributed by atoms with Gasteiger partial charge in [-0.1, -0.05) is 30.7 Å². The van der Waals surface area contributed by atoms with Crippen LogP contribution >= 0.6 is 0 Å². The van der Waals surface area contributed by atoms with Gasteiger partial charge in [0.1, 0.15) is 5.69 Å². The van der Waals surface area contributed by atoms with E-state index in [2.05, 4.69) is 22.4 Å². The molecule has 1 aromatic heterocycles. The smallest absolute Gasteiger partial charge is 0.271 e. The molecule has 1 fully saturated rings. The minimum Gasteiger partial charge on any atom is -0.327 e. The third kappa shape index (κ3) is 3.11. The Morgan fingerprint density at radius 2 is 1.95 bits per heavy atom. The van der Waals surface area contributed by atoms with Gasteiger partial charge in [0.25, 0.3) is 5.56 Å². The summed E-state index contributed by atoms with van der Waals surface area (Å²) < 4.78 is 0. The summed E-state index contributed by atoms with van der Waals surface area (Å²) in [5, 5.41) is 2.70. The summed E-state index contributed by atoms with van der Waals surface area (Å²) >= 11 is 0. The molecule has 1 heterocycles. The lowest BCUT2D eigenvalue weighted by molar-refractivity contribution is -0.115. The molecule has 0 aliphatic heterocycles. The van der Waals surface area contributed by atoms with E-state index in [1.807, 2.05) is 12.1 Å². The van der Waals surface area contributed by atoms with Gasteiger partial charge in [-0.15, -0.1) is 0 Å². The molecule has 0 bridgehead atoms. The number of hydrogen-bond acceptors (Lipinski definition) is 2. The zero-order chi connectivity index (χ0) is 15.5. The first kappa shape index (κ1) is 14.6. The van der Waals surface area contributed by atoms with Crippen molar-refractivity contribution in [2.24, 2.45) is 0 Å². The lowest BCUT2D eigenvalue weighted by Gasteiger charge is -2.25. The maximum Gasteiger partial charge on any atom is 0.271 e. The van der Waals surface area contributed by atoms with Gasteiger partial charge in [0.15, 0.2) is 0 Å². The van der Waals surface area contributed by atoms with E-state index in [0.29, 0.717) is 11.6 Å². The van der Waals surface area contributed by atoms with Crippen LogP contribution in [0.3, 0.4) is 0 Å². The average Bonchev–Trinajstić information content (AvgIpc) is 2.43. The highest BCUT2D eigenvalue weighted by molar-refractivity contribution is 5.92. The average molecular weight is 296 g/mol. The molecule has 114 valence electrons. The summed E-state index contributed by atoms with van der Waals surface area (Å²) in [5.74, 6) is 0.532. The fourth-order valence-electron chi connectivity index (χ4n) is 2.75. The number of aryl methyl sites for hydroxylation is 1. The van der Waals surface area contributed by atoms with E-state index < -0.39 is 0 Å². The number of carbonyl (C=O) groups excluding carboxylic acids is 1. The highest BCUT2D eigenvalue weighted by Crippen LogP contribution is 2.36. The Hall–Kier alpha value is -2.36. The van der Waals surface area contributed by atoms with Crippen molar-refractivity contribution in [1.82, 2.24) is 4.98 Å². The molecule has 1 aromatic carbocycles. The number of carbonyl (C=O) groups is 1. The van der Waals surface area contributed by atoms with Gasteiger partial charge in [0.2, 0.25) is 5.91 Å². The minimum atomic E-state index is -0.270. The van der Waals surface area contributed by atoms with Crippen LogP contribution in [0.25, 0.3) is 0 Å². The number of amides is 1. The van der Waals surface area contributed by atoms with E-state index in [0.717, 1.165) is 11.1 Å². The Bertz CT molecular complexity index is 727. The number of H-pyrrole nitrogens is 1. The Morgan fingerprint density at radius 3 is 2.55 bits per heavy atom. The third-order valence-corrected chi connectivity index (χ3v) is 4.35. The Balaban J connectivity index is 1.65. The zero-order valence-electron chi connectivity index (χ0n) is 12.7. The second-order valence-electron chi connectivity index (χ2n) is 5.96. The van der Waals surface area contributed by atoms with Gasteiger partial charge in [-0.2, -0.15) is 0 Å². The van der Waals surface area contributed by atoms with Crippen LogP contribution in [0.15, 0.2) is 41.3 Å². The number of nitrogens with one attached hydrogen (secondary N) is 2.